The van der Waals surface area contributed by atoms with Gasteiger partial charge in [0.15, 0.2) is 17.5 Å². The lowest BCUT2D eigenvalue weighted by Gasteiger charge is -2.22. The monoisotopic (exact) mass is 414 g/mol. The first kappa shape index (κ1) is 22.9. The number of carbonyl (C=O) groups excluding carboxylic acids is 1. The zero-order valence-electron chi connectivity index (χ0n) is 16.5. The summed E-state index contributed by atoms with van der Waals surface area (Å²) in [6.07, 6.45) is 2.68. The highest BCUT2D eigenvalue weighted by atomic mass is 19.2. The smallest absolute Gasteiger partial charge is 0.411 e. The number of halogens is 4. The molecule has 1 aromatic carbocycles. The van der Waals surface area contributed by atoms with Gasteiger partial charge in [-0.25, -0.2) is 22.4 Å². The molecule has 1 aliphatic heterocycles. The third kappa shape index (κ3) is 6.88. The highest BCUT2D eigenvalue weighted by Gasteiger charge is 2.19. The Bertz CT molecular complexity index is 749. The van der Waals surface area contributed by atoms with Crippen LogP contribution in [0.15, 0.2) is 30.0 Å². The summed E-state index contributed by atoms with van der Waals surface area (Å²) in [7, 11) is 0. The SMILES string of the molecule is CC/C=C(NC(=O)OCC1CCNCC1)\C(=C/C(C)F)c1cc(F)c(F)c(F)c1. The van der Waals surface area contributed by atoms with Gasteiger partial charge in [-0.05, 0) is 69.0 Å². The molecule has 1 atom stereocenters. The number of amides is 1. The maximum absolute atomic E-state index is 13.7. The first-order chi connectivity index (χ1) is 13.8. The molecule has 0 spiro atoms. The molecule has 0 saturated carbocycles. The first-order valence-corrected chi connectivity index (χ1v) is 9.67. The molecule has 8 heteroatoms. The van der Waals surface area contributed by atoms with Gasteiger partial charge in [0.05, 0.1) is 6.61 Å². The average Bonchev–Trinajstić information content (AvgIpc) is 2.68. The van der Waals surface area contributed by atoms with E-state index in [1.54, 1.807) is 13.0 Å². The molecule has 0 aliphatic carbocycles. The van der Waals surface area contributed by atoms with Crippen LogP contribution in [-0.4, -0.2) is 32.0 Å². The molecular formula is C21H26F4N2O2. The Kier molecular flexibility index (Phi) is 8.70. The lowest BCUT2D eigenvalue weighted by Crippen LogP contribution is -2.32. The van der Waals surface area contributed by atoms with Crippen molar-refractivity contribution in [1.29, 1.82) is 0 Å². The number of hydrogen-bond donors (Lipinski definition) is 2. The summed E-state index contributed by atoms with van der Waals surface area (Å²) < 4.78 is 59.7. The quantitative estimate of drug-likeness (QED) is 0.380. The number of piperidine rings is 1. The van der Waals surface area contributed by atoms with E-state index < -0.39 is 29.7 Å². The highest BCUT2D eigenvalue weighted by molar-refractivity contribution is 5.84. The number of nitrogens with one attached hydrogen (secondary N) is 2. The van der Waals surface area contributed by atoms with Crippen molar-refractivity contribution in [2.45, 2.75) is 39.3 Å². The van der Waals surface area contributed by atoms with Gasteiger partial charge in [-0.3, -0.25) is 5.32 Å². The molecule has 0 aromatic heterocycles. The number of alkyl carbamates (subject to hydrolysis) is 1. The van der Waals surface area contributed by atoms with E-state index in [0.29, 0.717) is 6.42 Å². The topological polar surface area (TPSA) is 50.4 Å². The Morgan fingerprint density at radius 2 is 1.90 bits per heavy atom. The molecule has 2 rings (SSSR count). The lowest BCUT2D eigenvalue weighted by molar-refractivity contribution is 0.120. The van der Waals surface area contributed by atoms with E-state index >= 15 is 0 Å². The van der Waals surface area contributed by atoms with E-state index in [4.69, 9.17) is 4.74 Å². The normalized spacial score (nSPS) is 17.2. The van der Waals surface area contributed by atoms with E-state index in [9.17, 15) is 22.4 Å². The summed E-state index contributed by atoms with van der Waals surface area (Å²) in [5.41, 5.74) is 0.0837. The molecule has 0 bridgehead atoms. The molecule has 0 radical (unpaired) electrons. The van der Waals surface area contributed by atoms with Gasteiger partial charge in [0, 0.05) is 11.3 Å². The van der Waals surface area contributed by atoms with Gasteiger partial charge in [-0.1, -0.05) is 13.0 Å². The van der Waals surface area contributed by atoms with Gasteiger partial charge in [0.25, 0.3) is 0 Å². The molecule has 2 N–H and O–H groups in total. The van der Waals surface area contributed by atoms with Gasteiger partial charge in [0.2, 0.25) is 0 Å². The summed E-state index contributed by atoms with van der Waals surface area (Å²) in [6, 6.07) is 1.52. The standard InChI is InChI=1S/C21H26F4N2O2/c1-3-4-19(27-21(28)29-12-14-5-7-26-8-6-14)16(9-13(2)22)15-10-17(23)20(25)18(24)11-15/h4,9-11,13-14,26H,3,5-8,12H2,1-2H3,(H,27,28)/b16-9-,19-4+. The Morgan fingerprint density at radius 3 is 2.45 bits per heavy atom. The molecule has 1 amide bonds. The van der Waals surface area contributed by atoms with Crippen LogP contribution in [0.25, 0.3) is 5.57 Å². The van der Waals surface area contributed by atoms with Crippen molar-refractivity contribution in [1.82, 2.24) is 10.6 Å². The van der Waals surface area contributed by atoms with Gasteiger partial charge < -0.3 is 10.1 Å². The number of rotatable bonds is 7. The molecular weight excluding hydrogens is 388 g/mol. The van der Waals surface area contributed by atoms with Gasteiger partial charge in [0.1, 0.15) is 6.17 Å². The Balaban J connectivity index is 2.21. The second kappa shape index (κ2) is 11.0. The number of alkyl halides is 1. The van der Waals surface area contributed by atoms with E-state index in [1.165, 1.54) is 6.92 Å². The zero-order valence-corrected chi connectivity index (χ0v) is 16.5. The summed E-state index contributed by atoms with van der Waals surface area (Å²) in [5, 5.41) is 5.75. The van der Waals surface area contributed by atoms with E-state index in [-0.39, 0.29) is 29.4 Å². The first-order valence-electron chi connectivity index (χ1n) is 9.67. The van der Waals surface area contributed by atoms with Crippen LogP contribution < -0.4 is 10.6 Å². The van der Waals surface area contributed by atoms with E-state index in [2.05, 4.69) is 10.6 Å². The minimum absolute atomic E-state index is 0.0402. The number of benzene rings is 1. The second-order valence-electron chi connectivity index (χ2n) is 6.95. The average molecular weight is 414 g/mol. The van der Waals surface area contributed by atoms with Crippen molar-refractivity contribution in [2.75, 3.05) is 19.7 Å². The van der Waals surface area contributed by atoms with Crippen molar-refractivity contribution in [3.8, 4) is 0 Å². The van der Waals surface area contributed by atoms with E-state index in [0.717, 1.165) is 44.1 Å². The van der Waals surface area contributed by atoms with Crippen molar-refractivity contribution in [2.24, 2.45) is 5.92 Å². The molecule has 29 heavy (non-hydrogen) atoms. The van der Waals surface area contributed by atoms with E-state index in [1.807, 2.05) is 0 Å². The van der Waals surface area contributed by atoms with Crippen LogP contribution in [0.3, 0.4) is 0 Å². The number of hydrogen-bond acceptors (Lipinski definition) is 3. The van der Waals surface area contributed by atoms with Crippen molar-refractivity contribution < 1.29 is 27.1 Å². The number of allylic oxidation sites excluding steroid dienone is 3. The largest absolute Gasteiger partial charge is 0.449 e. The fourth-order valence-corrected chi connectivity index (χ4v) is 3.10. The van der Waals surface area contributed by atoms with Crippen LogP contribution in [0, 0.1) is 23.4 Å². The predicted octanol–water partition coefficient (Wildman–Crippen LogP) is 4.87. The minimum Gasteiger partial charge on any atom is -0.449 e. The highest BCUT2D eigenvalue weighted by Crippen LogP contribution is 2.26. The fraction of sp³-hybridized carbons (Fsp3) is 0.476. The Labute approximate surface area is 168 Å². The third-order valence-corrected chi connectivity index (χ3v) is 4.54. The summed E-state index contributed by atoms with van der Waals surface area (Å²) >= 11 is 0. The van der Waals surface area contributed by atoms with Crippen LogP contribution >= 0.6 is 0 Å². The Morgan fingerprint density at radius 1 is 1.28 bits per heavy atom. The molecule has 1 unspecified atom stereocenters. The predicted molar refractivity (Wildman–Crippen MR) is 103 cm³/mol. The van der Waals surface area contributed by atoms with Gasteiger partial charge >= 0.3 is 6.09 Å². The molecule has 1 heterocycles. The summed E-state index contributed by atoms with van der Waals surface area (Å²) in [5.74, 6) is -4.16. The number of carbonyl (C=O) groups is 1. The maximum atomic E-state index is 13.7. The second-order valence-corrected chi connectivity index (χ2v) is 6.95. The lowest BCUT2D eigenvalue weighted by atomic mass is 9.99. The zero-order chi connectivity index (χ0) is 21.4. The van der Waals surface area contributed by atoms with Gasteiger partial charge in [-0.2, -0.15) is 0 Å². The molecule has 1 aliphatic rings. The third-order valence-electron chi connectivity index (χ3n) is 4.54. The molecule has 160 valence electrons. The summed E-state index contributed by atoms with van der Waals surface area (Å²) in [4.78, 5) is 12.3. The minimum atomic E-state index is -1.61. The van der Waals surface area contributed by atoms with Gasteiger partial charge in [-0.15, -0.1) is 0 Å². The van der Waals surface area contributed by atoms with Crippen LogP contribution in [0.4, 0.5) is 22.4 Å². The maximum Gasteiger partial charge on any atom is 0.411 e. The van der Waals surface area contributed by atoms with Crippen LogP contribution in [0.1, 0.15) is 38.7 Å². The molecule has 1 saturated heterocycles. The number of ether oxygens (including phenoxy) is 1. The molecule has 4 nitrogen and oxygen atoms in total. The van der Waals surface area contributed by atoms with Crippen LogP contribution in [0.2, 0.25) is 0 Å². The molecule has 1 fully saturated rings. The van der Waals surface area contributed by atoms with Crippen molar-refractivity contribution >= 4 is 11.7 Å². The fourth-order valence-electron chi connectivity index (χ4n) is 3.10. The van der Waals surface area contributed by atoms with Crippen LogP contribution in [0.5, 0.6) is 0 Å². The van der Waals surface area contributed by atoms with Crippen LogP contribution in [-0.2, 0) is 4.74 Å². The van der Waals surface area contributed by atoms with Crippen molar-refractivity contribution in [3.63, 3.8) is 0 Å². The van der Waals surface area contributed by atoms with Crippen molar-refractivity contribution in [3.05, 3.63) is 53.0 Å². The Hall–Kier alpha value is -2.35. The molecule has 1 aromatic rings. The summed E-state index contributed by atoms with van der Waals surface area (Å²) in [6.45, 7) is 4.98.